The van der Waals surface area contributed by atoms with Crippen LogP contribution in [0.25, 0.3) is 4.85 Å². The normalized spacial score (nSPS) is 19.1. The molecule has 206 valence electrons. The van der Waals surface area contributed by atoms with Gasteiger partial charge >= 0.3 is 6.18 Å². The molecule has 1 heterocycles. The van der Waals surface area contributed by atoms with Crippen LogP contribution < -0.4 is 15.0 Å². The first-order valence-electron chi connectivity index (χ1n) is 13.8. The molecule has 0 amide bonds. The van der Waals surface area contributed by atoms with Crippen molar-refractivity contribution < 1.29 is 23.0 Å². The molecule has 2 aromatic rings. The quantitative estimate of drug-likeness (QED) is 0.332. The predicted molar refractivity (Wildman–Crippen MR) is 144 cm³/mol. The fraction of sp³-hybridized carbons (Fsp3) is 0.567. The van der Waals surface area contributed by atoms with Crippen LogP contribution in [0.3, 0.4) is 0 Å². The third-order valence-corrected chi connectivity index (χ3v) is 8.03. The van der Waals surface area contributed by atoms with Crippen molar-refractivity contribution in [2.75, 3.05) is 24.6 Å². The summed E-state index contributed by atoms with van der Waals surface area (Å²) in [5, 5.41) is 14.9. The lowest BCUT2D eigenvalue weighted by atomic mass is 9.88. The Balaban J connectivity index is 1.26. The first kappa shape index (κ1) is 28.3. The standard InChI is InChI=1S/C30H38F3N3O2/c1-3-27(35-23-7-5-4-6-8-23)22-9-12-25(13-10-22)38-20-17-29(37)15-18-36(19-16-29)24-11-14-28(34-2)26(21-24)30(31,32)33/h9-14,21,23,27,35,37H,3-8,15-20H2,1H3. The first-order chi connectivity index (χ1) is 18.2. The van der Waals surface area contributed by atoms with Crippen LogP contribution in [0, 0.1) is 6.57 Å². The van der Waals surface area contributed by atoms with Crippen molar-refractivity contribution >= 4 is 11.4 Å². The van der Waals surface area contributed by atoms with E-state index in [0.717, 1.165) is 18.2 Å². The van der Waals surface area contributed by atoms with Gasteiger partial charge in [-0.15, -0.1) is 0 Å². The fourth-order valence-corrected chi connectivity index (χ4v) is 5.64. The zero-order chi connectivity index (χ0) is 27.2. The van der Waals surface area contributed by atoms with E-state index < -0.39 is 23.0 Å². The van der Waals surface area contributed by atoms with E-state index in [0.29, 0.717) is 56.7 Å². The fourth-order valence-electron chi connectivity index (χ4n) is 5.64. The maximum Gasteiger partial charge on any atom is 0.407 e. The second-order valence-electron chi connectivity index (χ2n) is 10.7. The molecule has 1 aliphatic carbocycles. The first-order valence-corrected chi connectivity index (χ1v) is 13.8. The zero-order valence-electron chi connectivity index (χ0n) is 22.1. The van der Waals surface area contributed by atoms with Crippen LogP contribution in [0.2, 0.25) is 0 Å². The Labute approximate surface area is 223 Å². The monoisotopic (exact) mass is 529 g/mol. The van der Waals surface area contributed by atoms with Gasteiger partial charge in [-0.3, -0.25) is 0 Å². The van der Waals surface area contributed by atoms with Gasteiger partial charge in [0.05, 0.1) is 24.3 Å². The topological polar surface area (TPSA) is 49.1 Å². The SMILES string of the molecule is [C-]#[N+]c1ccc(N2CCC(O)(CCOc3ccc(C(CC)NC4CCCCC4)cc3)CC2)cc1C(F)(F)F. The molecule has 1 aliphatic heterocycles. The maximum absolute atomic E-state index is 13.3. The number of ether oxygens (including phenoxy) is 1. The van der Waals surface area contributed by atoms with Gasteiger partial charge in [0.15, 0.2) is 5.69 Å². The number of anilines is 1. The third kappa shape index (κ3) is 7.21. The highest BCUT2D eigenvalue weighted by Crippen LogP contribution is 2.39. The molecule has 2 N–H and O–H groups in total. The van der Waals surface area contributed by atoms with E-state index in [2.05, 4.69) is 29.2 Å². The van der Waals surface area contributed by atoms with Crippen molar-refractivity contribution in [2.24, 2.45) is 0 Å². The number of rotatable bonds is 9. The minimum absolute atomic E-state index is 0.336. The zero-order valence-corrected chi connectivity index (χ0v) is 22.1. The van der Waals surface area contributed by atoms with E-state index in [9.17, 15) is 18.3 Å². The molecule has 38 heavy (non-hydrogen) atoms. The number of piperidine rings is 1. The molecular weight excluding hydrogens is 491 g/mol. The highest BCUT2D eigenvalue weighted by Gasteiger charge is 2.36. The molecule has 1 atom stereocenters. The second-order valence-corrected chi connectivity index (χ2v) is 10.7. The number of alkyl halides is 3. The summed E-state index contributed by atoms with van der Waals surface area (Å²) < 4.78 is 46.0. The molecule has 4 rings (SSSR count). The van der Waals surface area contributed by atoms with Crippen molar-refractivity contribution in [1.82, 2.24) is 5.32 Å². The molecule has 2 aliphatic rings. The van der Waals surface area contributed by atoms with Crippen LogP contribution in [-0.4, -0.2) is 36.4 Å². The van der Waals surface area contributed by atoms with Crippen molar-refractivity contribution in [2.45, 2.75) is 88.6 Å². The van der Waals surface area contributed by atoms with Gasteiger partial charge in [-0.2, -0.15) is 13.2 Å². The minimum Gasteiger partial charge on any atom is -0.493 e. The summed E-state index contributed by atoms with van der Waals surface area (Å²) in [6, 6.07) is 12.9. The average molecular weight is 530 g/mol. The van der Waals surface area contributed by atoms with Gasteiger partial charge in [-0.1, -0.05) is 44.4 Å². The van der Waals surface area contributed by atoms with Crippen LogP contribution >= 0.6 is 0 Å². The number of nitrogens with zero attached hydrogens (tertiary/aromatic N) is 2. The van der Waals surface area contributed by atoms with Gasteiger partial charge < -0.3 is 20.1 Å². The number of aliphatic hydroxyl groups is 1. The summed E-state index contributed by atoms with van der Waals surface area (Å²) in [6.45, 7) is 10.5. The van der Waals surface area contributed by atoms with Gasteiger partial charge in [0.2, 0.25) is 0 Å². The Morgan fingerprint density at radius 3 is 2.39 bits per heavy atom. The third-order valence-electron chi connectivity index (χ3n) is 8.03. The van der Waals surface area contributed by atoms with Crippen LogP contribution in [0.4, 0.5) is 24.5 Å². The summed E-state index contributed by atoms with van der Waals surface area (Å²) in [4.78, 5) is 4.84. The van der Waals surface area contributed by atoms with E-state index in [4.69, 9.17) is 11.3 Å². The molecule has 0 aromatic heterocycles. The van der Waals surface area contributed by atoms with E-state index in [1.807, 2.05) is 17.0 Å². The van der Waals surface area contributed by atoms with Gasteiger partial charge in [0, 0.05) is 37.3 Å². The largest absolute Gasteiger partial charge is 0.493 e. The molecule has 0 bridgehead atoms. The second kappa shape index (κ2) is 12.4. The van der Waals surface area contributed by atoms with E-state index >= 15 is 0 Å². The summed E-state index contributed by atoms with van der Waals surface area (Å²) in [5.41, 5.74) is -0.552. The molecule has 1 unspecified atom stereocenters. The Hall–Kier alpha value is -2.76. The molecule has 2 fully saturated rings. The number of nitrogens with one attached hydrogen (secondary N) is 1. The van der Waals surface area contributed by atoms with Crippen molar-refractivity contribution in [1.29, 1.82) is 0 Å². The molecular formula is C30H38F3N3O2. The molecule has 0 radical (unpaired) electrons. The minimum atomic E-state index is -4.58. The lowest BCUT2D eigenvalue weighted by molar-refractivity contribution is -0.136. The predicted octanol–water partition coefficient (Wildman–Crippen LogP) is 7.43. The van der Waals surface area contributed by atoms with Gasteiger partial charge in [-0.05, 0) is 61.9 Å². The molecule has 5 nitrogen and oxygen atoms in total. The van der Waals surface area contributed by atoms with Gasteiger partial charge in [0.25, 0.3) is 0 Å². The molecule has 2 aromatic carbocycles. The van der Waals surface area contributed by atoms with Crippen LogP contribution in [0.1, 0.15) is 81.9 Å². The van der Waals surface area contributed by atoms with E-state index in [1.165, 1.54) is 43.7 Å². The molecule has 0 spiro atoms. The number of hydrogen-bond acceptors (Lipinski definition) is 4. The number of hydrogen-bond donors (Lipinski definition) is 2. The molecule has 8 heteroatoms. The maximum atomic E-state index is 13.3. The Bertz CT molecular complexity index is 1080. The highest BCUT2D eigenvalue weighted by atomic mass is 19.4. The number of halogens is 3. The Morgan fingerprint density at radius 1 is 1.11 bits per heavy atom. The van der Waals surface area contributed by atoms with Gasteiger partial charge in [0.1, 0.15) is 5.75 Å². The van der Waals surface area contributed by atoms with Crippen LogP contribution in [-0.2, 0) is 6.18 Å². The van der Waals surface area contributed by atoms with Gasteiger partial charge in [-0.25, -0.2) is 4.85 Å². The number of benzene rings is 2. The molecule has 1 saturated heterocycles. The van der Waals surface area contributed by atoms with Crippen LogP contribution in [0.15, 0.2) is 42.5 Å². The summed E-state index contributed by atoms with van der Waals surface area (Å²) in [5.74, 6) is 0.766. The van der Waals surface area contributed by atoms with Crippen molar-refractivity contribution in [3.05, 3.63) is 65.0 Å². The van der Waals surface area contributed by atoms with E-state index in [1.54, 1.807) is 6.07 Å². The summed E-state index contributed by atoms with van der Waals surface area (Å²) in [7, 11) is 0. The van der Waals surface area contributed by atoms with Crippen molar-refractivity contribution in [3.8, 4) is 5.75 Å². The summed E-state index contributed by atoms with van der Waals surface area (Å²) >= 11 is 0. The molecule has 1 saturated carbocycles. The Kier molecular flexibility index (Phi) is 9.22. The van der Waals surface area contributed by atoms with Crippen molar-refractivity contribution in [3.63, 3.8) is 0 Å². The Morgan fingerprint density at radius 2 is 1.79 bits per heavy atom. The van der Waals surface area contributed by atoms with E-state index in [-0.39, 0.29) is 0 Å². The lowest BCUT2D eigenvalue weighted by Crippen LogP contribution is -2.45. The van der Waals surface area contributed by atoms with Crippen LogP contribution in [0.5, 0.6) is 5.75 Å². The summed E-state index contributed by atoms with van der Waals surface area (Å²) in [6.07, 6.45) is 4.24. The smallest absolute Gasteiger partial charge is 0.407 e. The lowest BCUT2D eigenvalue weighted by Gasteiger charge is -2.39. The average Bonchev–Trinajstić information content (AvgIpc) is 2.92. The highest BCUT2D eigenvalue weighted by molar-refractivity contribution is 5.62.